The lowest BCUT2D eigenvalue weighted by molar-refractivity contribution is -0.109. The van der Waals surface area contributed by atoms with Crippen molar-refractivity contribution in [1.82, 2.24) is 19.6 Å². The largest absolute Gasteiger partial charge is 0.304 e. The van der Waals surface area contributed by atoms with Gasteiger partial charge in [-0.15, -0.1) is 0 Å². The van der Waals surface area contributed by atoms with E-state index in [-0.39, 0.29) is 0 Å². The molecular formula is C14H30N4O. The van der Waals surface area contributed by atoms with Crippen molar-refractivity contribution in [3.63, 3.8) is 0 Å². The van der Waals surface area contributed by atoms with Gasteiger partial charge in [0.25, 0.3) is 0 Å². The molecule has 0 aliphatic carbocycles. The Hall–Kier alpha value is -0.490. The van der Waals surface area contributed by atoms with Crippen molar-refractivity contribution in [2.75, 3.05) is 79.5 Å². The lowest BCUT2D eigenvalue weighted by atomic mass is 10.3. The molecule has 0 unspecified atom stereocenters. The van der Waals surface area contributed by atoms with E-state index in [1.54, 1.807) is 0 Å². The molecule has 0 N–H and O–H groups in total. The van der Waals surface area contributed by atoms with Crippen LogP contribution in [0.2, 0.25) is 0 Å². The Morgan fingerprint density at radius 3 is 1.58 bits per heavy atom. The Morgan fingerprint density at radius 2 is 1.21 bits per heavy atom. The standard InChI is InChI=1S/C14H30N4O/c1-4-17-9-5-15(2)7-11-18(13-14-19)12-8-16(3)6-10-17/h14H,4-13H2,1-3H3. The summed E-state index contributed by atoms with van der Waals surface area (Å²) in [6, 6.07) is 0. The Morgan fingerprint density at radius 1 is 0.789 bits per heavy atom. The number of hydrogen-bond acceptors (Lipinski definition) is 5. The number of likely N-dealkylation sites (N-methyl/N-ethyl adjacent to an activating group) is 3. The molecule has 0 amide bonds. The first-order valence-corrected chi connectivity index (χ1v) is 7.41. The van der Waals surface area contributed by atoms with Crippen LogP contribution in [0.3, 0.4) is 0 Å². The second kappa shape index (κ2) is 9.42. The molecule has 1 heterocycles. The van der Waals surface area contributed by atoms with E-state index in [1.807, 2.05) is 0 Å². The fourth-order valence-electron chi connectivity index (χ4n) is 2.30. The zero-order chi connectivity index (χ0) is 14.1. The van der Waals surface area contributed by atoms with Gasteiger partial charge in [0.15, 0.2) is 0 Å². The molecule has 0 spiro atoms. The van der Waals surface area contributed by atoms with E-state index in [1.165, 1.54) is 0 Å². The molecule has 0 bridgehead atoms. The molecule has 0 saturated carbocycles. The van der Waals surface area contributed by atoms with Gasteiger partial charge in [0.05, 0.1) is 6.54 Å². The second-order valence-electron chi connectivity index (χ2n) is 5.51. The van der Waals surface area contributed by atoms with Crippen LogP contribution in [0, 0.1) is 0 Å². The minimum absolute atomic E-state index is 0.558. The maximum Gasteiger partial charge on any atom is 0.133 e. The number of hydrogen-bond donors (Lipinski definition) is 0. The Kier molecular flexibility index (Phi) is 8.21. The third kappa shape index (κ3) is 7.01. The lowest BCUT2D eigenvalue weighted by Crippen LogP contribution is -2.44. The molecular weight excluding hydrogens is 240 g/mol. The predicted octanol–water partition coefficient (Wildman–Crippen LogP) is -0.314. The molecule has 0 aromatic rings. The third-order valence-electron chi connectivity index (χ3n) is 3.97. The van der Waals surface area contributed by atoms with Gasteiger partial charge in [-0.1, -0.05) is 6.92 Å². The van der Waals surface area contributed by atoms with E-state index >= 15 is 0 Å². The van der Waals surface area contributed by atoms with Gasteiger partial charge in [0, 0.05) is 52.4 Å². The second-order valence-corrected chi connectivity index (χ2v) is 5.51. The van der Waals surface area contributed by atoms with E-state index in [0.29, 0.717) is 6.54 Å². The first-order valence-electron chi connectivity index (χ1n) is 7.41. The van der Waals surface area contributed by atoms with Gasteiger partial charge in [0.2, 0.25) is 0 Å². The number of aldehydes is 1. The van der Waals surface area contributed by atoms with Crippen LogP contribution in [-0.4, -0.2) is 105 Å². The van der Waals surface area contributed by atoms with Crippen LogP contribution >= 0.6 is 0 Å². The minimum atomic E-state index is 0.558. The lowest BCUT2D eigenvalue weighted by Gasteiger charge is -2.30. The Labute approximate surface area is 118 Å². The fourth-order valence-corrected chi connectivity index (χ4v) is 2.30. The summed E-state index contributed by atoms with van der Waals surface area (Å²) in [4.78, 5) is 20.2. The first kappa shape index (κ1) is 16.6. The molecule has 112 valence electrons. The quantitative estimate of drug-likeness (QED) is 0.656. The minimum Gasteiger partial charge on any atom is -0.304 e. The van der Waals surface area contributed by atoms with Crippen molar-refractivity contribution in [2.45, 2.75) is 6.92 Å². The van der Waals surface area contributed by atoms with Crippen LogP contribution in [-0.2, 0) is 4.79 Å². The van der Waals surface area contributed by atoms with Crippen LogP contribution in [0.25, 0.3) is 0 Å². The van der Waals surface area contributed by atoms with Gasteiger partial charge in [-0.25, -0.2) is 0 Å². The molecule has 0 radical (unpaired) electrons. The molecule has 5 heteroatoms. The van der Waals surface area contributed by atoms with Crippen LogP contribution in [0.4, 0.5) is 0 Å². The highest BCUT2D eigenvalue weighted by Crippen LogP contribution is 1.97. The maximum absolute atomic E-state index is 10.7. The van der Waals surface area contributed by atoms with Gasteiger partial charge >= 0.3 is 0 Å². The number of carbonyl (C=O) groups is 1. The molecule has 0 aromatic carbocycles. The normalized spacial score (nSPS) is 23.7. The van der Waals surface area contributed by atoms with Crippen LogP contribution in [0.5, 0.6) is 0 Å². The van der Waals surface area contributed by atoms with Crippen molar-refractivity contribution < 1.29 is 4.79 Å². The summed E-state index contributed by atoms with van der Waals surface area (Å²) in [5.74, 6) is 0. The van der Waals surface area contributed by atoms with E-state index < -0.39 is 0 Å². The van der Waals surface area contributed by atoms with Crippen LogP contribution in [0.1, 0.15) is 6.92 Å². The first-order chi connectivity index (χ1) is 9.15. The zero-order valence-electron chi connectivity index (χ0n) is 12.8. The smallest absolute Gasteiger partial charge is 0.133 e. The summed E-state index contributed by atoms with van der Waals surface area (Å²) in [5.41, 5.74) is 0. The molecule has 1 saturated heterocycles. The van der Waals surface area contributed by atoms with Gasteiger partial charge in [-0.2, -0.15) is 0 Å². The van der Waals surface area contributed by atoms with E-state index in [0.717, 1.165) is 65.2 Å². The van der Waals surface area contributed by atoms with Gasteiger partial charge in [-0.3, -0.25) is 4.90 Å². The van der Waals surface area contributed by atoms with E-state index in [2.05, 4.69) is 40.6 Å². The molecule has 5 nitrogen and oxygen atoms in total. The van der Waals surface area contributed by atoms with Gasteiger partial charge in [-0.05, 0) is 20.6 Å². The molecule has 1 aliphatic heterocycles. The van der Waals surface area contributed by atoms with E-state index in [4.69, 9.17) is 0 Å². The summed E-state index contributed by atoms with van der Waals surface area (Å²) in [7, 11) is 4.34. The Balaban J connectivity index is 2.51. The number of rotatable bonds is 3. The van der Waals surface area contributed by atoms with Crippen molar-refractivity contribution >= 4 is 6.29 Å². The molecule has 1 rings (SSSR count). The Bertz CT molecular complexity index is 232. The SMILES string of the molecule is CCN1CCN(C)CCN(CC=O)CCN(C)CC1. The van der Waals surface area contributed by atoms with Gasteiger partial charge < -0.3 is 19.5 Å². The summed E-state index contributed by atoms with van der Waals surface area (Å²) >= 11 is 0. The maximum atomic E-state index is 10.7. The number of nitrogens with zero attached hydrogens (tertiary/aromatic N) is 4. The van der Waals surface area contributed by atoms with Gasteiger partial charge in [0.1, 0.15) is 6.29 Å². The van der Waals surface area contributed by atoms with Crippen LogP contribution in [0.15, 0.2) is 0 Å². The van der Waals surface area contributed by atoms with Crippen molar-refractivity contribution in [3.05, 3.63) is 0 Å². The summed E-state index contributed by atoms with van der Waals surface area (Å²) in [6.07, 6.45) is 1.02. The molecule has 1 aliphatic rings. The molecule has 1 fully saturated rings. The summed E-state index contributed by atoms with van der Waals surface area (Å²) in [5, 5.41) is 0. The van der Waals surface area contributed by atoms with E-state index in [9.17, 15) is 4.79 Å². The topological polar surface area (TPSA) is 30.0 Å². The van der Waals surface area contributed by atoms with Crippen molar-refractivity contribution in [2.24, 2.45) is 0 Å². The summed E-state index contributed by atoms with van der Waals surface area (Å²) < 4.78 is 0. The predicted molar refractivity (Wildman–Crippen MR) is 79.6 cm³/mol. The zero-order valence-corrected chi connectivity index (χ0v) is 12.8. The highest BCUT2D eigenvalue weighted by atomic mass is 16.1. The number of carbonyl (C=O) groups excluding carboxylic acids is 1. The van der Waals surface area contributed by atoms with Crippen molar-refractivity contribution in [3.8, 4) is 0 Å². The average molecular weight is 270 g/mol. The monoisotopic (exact) mass is 270 g/mol. The molecule has 0 aromatic heterocycles. The van der Waals surface area contributed by atoms with Crippen LogP contribution < -0.4 is 0 Å². The third-order valence-corrected chi connectivity index (χ3v) is 3.97. The molecule has 19 heavy (non-hydrogen) atoms. The average Bonchev–Trinajstić information content (AvgIpc) is 2.40. The highest BCUT2D eigenvalue weighted by Gasteiger charge is 2.11. The fraction of sp³-hybridized carbons (Fsp3) is 0.929. The highest BCUT2D eigenvalue weighted by molar-refractivity contribution is 5.51. The van der Waals surface area contributed by atoms with Crippen molar-refractivity contribution in [1.29, 1.82) is 0 Å². The summed E-state index contributed by atoms with van der Waals surface area (Å²) in [6.45, 7) is 12.4. The molecule has 0 atom stereocenters.